The van der Waals surface area contributed by atoms with Gasteiger partial charge in [0.05, 0.1) is 10.5 Å². The fourth-order valence-electron chi connectivity index (χ4n) is 4.18. The average molecular weight is 451 g/mol. The molecule has 10 heteroatoms. The van der Waals surface area contributed by atoms with Gasteiger partial charge in [-0.05, 0) is 42.1 Å². The summed E-state index contributed by atoms with van der Waals surface area (Å²) in [6, 6.07) is 9.78. The first-order valence-corrected chi connectivity index (χ1v) is 10.5. The highest BCUT2D eigenvalue weighted by atomic mass is 32.1. The van der Waals surface area contributed by atoms with Gasteiger partial charge in [0.2, 0.25) is 0 Å². The van der Waals surface area contributed by atoms with Gasteiger partial charge in [0.1, 0.15) is 23.5 Å². The number of carbonyl (C=O) groups is 3. The number of hydrogen-bond donors (Lipinski definition) is 0. The zero-order valence-electron chi connectivity index (χ0n) is 16.5. The summed E-state index contributed by atoms with van der Waals surface area (Å²) in [6.07, 6.45) is 0. The first-order chi connectivity index (χ1) is 15.3. The summed E-state index contributed by atoms with van der Waals surface area (Å²) in [7, 11) is 0. The van der Waals surface area contributed by atoms with E-state index >= 15 is 0 Å². The highest BCUT2D eigenvalue weighted by Gasteiger charge is 2.58. The van der Waals surface area contributed by atoms with Crippen LogP contribution in [0.1, 0.15) is 37.2 Å². The summed E-state index contributed by atoms with van der Waals surface area (Å²) >= 11 is 1.33. The van der Waals surface area contributed by atoms with E-state index in [1.165, 1.54) is 34.4 Å². The Bertz CT molecular complexity index is 1320. The van der Waals surface area contributed by atoms with E-state index in [0.717, 1.165) is 11.0 Å². The van der Waals surface area contributed by atoms with Crippen molar-refractivity contribution in [2.75, 3.05) is 4.90 Å². The molecule has 0 bridgehead atoms. The van der Waals surface area contributed by atoms with Crippen LogP contribution in [0.3, 0.4) is 0 Å². The average Bonchev–Trinajstić information content (AvgIpc) is 3.37. The smallest absolute Gasteiger partial charge is 0.282 e. The van der Waals surface area contributed by atoms with Crippen LogP contribution in [-0.2, 0) is 4.79 Å². The minimum absolute atomic E-state index is 0.109. The Morgan fingerprint density at radius 1 is 1.00 bits per heavy atom. The lowest BCUT2D eigenvalue weighted by molar-refractivity contribution is -0.385. The standard InChI is InChI=1S/C22H14FN3O5S/c1-11-7-8-12(10-14(11)23)24-18(16-6-3-9-32-16)19(22(24)29)25-20(27)13-4-2-5-15(26(30)31)17(13)21(25)28/h2-10,18-19H,1H3/t18-,19+/m1/s1. The van der Waals surface area contributed by atoms with Gasteiger partial charge in [-0.1, -0.05) is 18.2 Å². The third-order valence-electron chi connectivity index (χ3n) is 5.74. The molecule has 1 saturated heterocycles. The SMILES string of the molecule is Cc1ccc(N2C(=O)[C@@H](N3C(=O)c4cccc([N+](=O)[O-])c4C3=O)[C@H]2c2cccs2)cc1F. The number of thiophene rings is 1. The third-order valence-corrected chi connectivity index (χ3v) is 6.68. The van der Waals surface area contributed by atoms with Crippen molar-refractivity contribution in [3.63, 3.8) is 0 Å². The highest BCUT2D eigenvalue weighted by molar-refractivity contribution is 7.10. The van der Waals surface area contributed by atoms with Crippen LogP contribution in [0.2, 0.25) is 0 Å². The fourth-order valence-corrected chi connectivity index (χ4v) is 5.02. The number of nitro groups is 1. The number of nitrogens with zero attached hydrogens (tertiary/aromatic N) is 3. The lowest BCUT2D eigenvalue weighted by Crippen LogP contribution is -2.67. The van der Waals surface area contributed by atoms with Gasteiger partial charge < -0.3 is 0 Å². The monoisotopic (exact) mass is 451 g/mol. The minimum atomic E-state index is -1.19. The number of anilines is 1. The Balaban J connectivity index is 1.59. The van der Waals surface area contributed by atoms with Crippen molar-refractivity contribution in [3.05, 3.63) is 91.4 Å². The van der Waals surface area contributed by atoms with E-state index in [1.807, 2.05) is 0 Å². The number of imide groups is 1. The maximum atomic E-state index is 14.2. The number of benzene rings is 2. The summed E-state index contributed by atoms with van der Waals surface area (Å²) in [5.74, 6) is -2.70. The molecule has 0 radical (unpaired) electrons. The Hall–Kier alpha value is -3.92. The molecule has 0 unspecified atom stereocenters. The number of rotatable bonds is 4. The third kappa shape index (κ3) is 2.69. The first kappa shape index (κ1) is 20.0. The number of fused-ring (bicyclic) bond motifs is 1. The van der Waals surface area contributed by atoms with E-state index in [0.29, 0.717) is 16.1 Å². The largest absolute Gasteiger partial charge is 0.299 e. The van der Waals surface area contributed by atoms with Crippen LogP contribution in [0, 0.1) is 22.9 Å². The summed E-state index contributed by atoms with van der Waals surface area (Å²) in [6.45, 7) is 1.60. The molecule has 2 aliphatic rings. The lowest BCUT2D eigenvalue weighted by atomic mass is 9.90. The molecular formula is C22H14FN3O5S. The van der Waals surface area contributed by atoms with E-state index in [1.54, 1.807) is 36.6 Å². The lowest BCUT2D eigenvalue weighted by Gasteiger charge is -2.49. The molecule has 0 N–H and O–H groups in total. The van der Waals surface area contributed by atoms with Crippen molar-refractivity contribution in [1.82, 2.24) is 4.90 Å². The molecular weight excluding hydrogens is 437 g/mol. The molecule has 2 atom stereocenters. The molecule has 0 saturated carbocycles. The van der Waals surface area contributed by atoms with Gasteiger partial charge >= 0.3 is 0 Å². The quantitative estimate of drug-likeness (QED) is 0.260. The second-order valence-corrected chi connectivity index (χ2v) is 8.46. The molecule has 3 amide bonds. The molecule has 8 nitrogen and oxygen atoms in total. The van der Waals surface area contributed by atoms with E-state index in [-0.39, 0.29) is 11.1 Å². The summed E-state index contributed by atoms with van der Waals surface area (Å²) in [5, 5.41) is 13.2. The normalized spacial score (nSPS) is 19.9. The van der Waals surface area contributed by atoms with Crippen LogP contribution >= 0.6 is 11.3 Å². The maximum Gasteiger partial charge on any atom is 0.282 e. The number of hydrogen-bond acceptors (Lipinski definition) is 6. The van der Waals surface area contributed by atoms with Crippen LogP contribution in [-0.4, -0.2) is 33.6 Å². The van der Waals surface area contributed by atoms with Crippen LogP contribution in [0.5, 0.6) is 0 Å². The summed E-state index contributed by atoms with van der Waals surface area (Å²) in [4.78, 5) is 53.0. The molecule has 2 aromatic carbocycles. The number of carbonyl (C=O) groups excluding carboxylic acids is 3. The Labute approximate surface area is 184 Å². The molecule has 32 heavy (non-hydrogen) atoms. The van der Waals surface area contributed by atoms with Crippen LogP contribution in [0.4, 0.5) is 15.8 Å². The Kier molecular flexibility index (Phi) is 4.41. The molecule has 1 aromatic heterocycles. The molecule has 0 aliphatic carbocycles. The summed E-state index contributed by atoms with van der Waals surface area (Å²) in [5.41, 5.74) is -0.198. The van der Waals surface area contributed by atoms with Gasteiger partial charge in [-0.2, -0.15) is 0 Å². The van der Waals surface area contributed by atoms with E-state index in [4.69, 9.17) is 0 Å². The second-order valence-electron chi connectivity index (χ2n) is 7.48. The predicted octanol–water partition coefficient (Wildman–Crippen LogP) is 3.86. The zero-order valence-corrected chi connectivity index (χ0v) is 17.3. The fraction of sp³-hybridized carbons (Fsp3) is 0.136. The van der Waals surface area contributed by atoms with Crippen molar-refractivity contribution in [2.45, 2.75) is 19.0 Å². The van der Waals surface area contributed by atoms with E-state index in [2.05, 4.69) is 0 Å². The minimum Gasteiger partial charge on any atom is -0.299 e. The van der Waals surface area contributed by atoms with Gasteiger partial charge in [-0.3, -0.25) is 34.3 Å². The number of amides is 3. The van der Waals surface area contributed by atoms with Gasteiger partial charge in [0.25, 0.3) is 23.4 Å². The van der Waals surface area contributed by atoms with Crippen molar-refractivity contribution < 1.29 is 23.7 Å². The topological polar surface area (TPSA) is 101 Å². The first-order valence-electron chi connectivity index (χ1n) is 9.59. The number of β-lactam (4-membered cyclic amide) rings is 1. The van der Waals surface area contributed by atoms with Crippen molar-refractivity contribution in [3.8, 4) is 0 Å². The van der Waals surface area contributed by atoms with Crippen LogP contribution in [0.15, 0.2) is 53.9 Å². The van der Waals surface area contributed by atoms with E-state index in [9.17, 15) is 28.9 Å². The van der Waals surface area contributed by atoms with Gasteiger partial charge in [-0.15, -0.1) is 11.3 Å². The van der Waals surface area contributed by atoms with Gasteiger partial charge in [-0.25, -0.2) is 4.39 Å². The Morgan fingerprint density at radius 2 is 1.78 bits per heavy atom. The molecule has 160 valence electrons. The van der Waals surface area contributed by atoms with Crippen molar-refractivity contribution in [2.24, 2.45) is 0 Å². The predicted molar refractivity (Wildman–Crippen MR) is 113 cm³/mol. The molecule has 0 spiro atoms. The van der Waals surface area contributed by atoms with E-state index < -0.39 is 46.2 Å². The van der Waals surface area contributed by atoms with Crippen LogP contribution < -0.4 is 4.90 Å². The molecule has 5 rings (SSSR count). The molecule has 1 fully saturated rings. The second kappa shape index (κ2) is 7.06. The zero-order chi connectivity index (χ0) is 22.7. The van der Waals surface area contributed by atoms with Gasteiger partial charge in [0.15, 0.2) is 0 Å². The number of nitro benzene ring substituents is 1. The molecule has 2 aliphatic heterocycles. The van der Waals surface area contributed by atoms with Gasteiger partial charge in [0, 0.05) is 16.6 Å². The number of aryl methyl sites for hydroxylation is 1. The van der Waals surface area contributed by atoms with Crippen molar-refractivity contribution in [1.29, 1.82) is 0 Å². The van der Waals surface area contributed by atoms with Crippen LogP contribution in [0.25, 0.3) is 0 Å². The maximum absolute atomic E-state index is 14.2. The molecule has 3 aromatic rings. The number of halogens is 1. The summed E-state index contributed by atoms with van der Waals surface area (Å²) < 4.78 is 14.2. The Morgan fingerprint density at radius 3 is 2.44 bits per heavy atom. The van der Waals surface area contributed by atoms with Crippen molar-refractivity contribution >= 4 is 40.4 Å². The molecule has 3 heterocycles. The highest BCUT2D eigenvalue weighted by Crippen LogP contribution is 2.46.